The Kier molecular flexibility index (Phi) is 6.87. The van der Waals surface area contributed by atoms with Gasteiger partial charge in [-0.05, 0) is 61.7 Å². The number of rotatable bonds is 8. The Morgan fingerprint density at radius 1 is 1.11 bits per heavy atom. The molecule has 2 aromatic carbocycles. The van der Waals surface area contributed by atoms with Gasteiger partial charge in [0, 0.05) is 11.6 Å². The van der Waals surface area contributed by atoms with Crippen LogP contribution < -0.4 is 4.72 Å². The minimum Gasteiger partial charge on any atom is -0.480 e. The number of hydrogen-bond donors (Lipinski definition) is 2. The second-order valence-electron chi connectivity index (χ2n) is 6.24. The van der Waals surface area contributed by atoms with Crippen molar-refractivity contribution in [1.82, 2.24) is 4.72 Å². The van der Waals surface area contributed by atoms with Crippen LogP contribution in [-0.4, -0.2) is 39.7 Å². The Morgan fingerprint density at radius 2 is 1.71 bits per heavy atom. The molecule has 0 heterocycles. The minimum atomic E-state index is -4.11. The summed E-state index contributed by atoms with van der Waals surface area (Å²) in [5.41, 5.74) is 0.999. The van der Waals surface area contributed by atoms with Crippen LogP contribution in [0.2, 0.25) is 5.02 Å². The second kappa shape index (κ2) is 8.60. The number of hydrogen-bond acceptors (Lipinski definition) is 5. The summed E-state index contributed by atoms with van der Waals surface area (Å²) in [6.07, 6.45) is 0.0774. The van der Waals surface area contributed by atoms with Crippen molar-refractivity contribution < 1.29 is 26.7 Å². The van der Waals surface area contributed by atoms with Crippen molar-refractivity contribution in [2.75, 3.05) is 6.54 Å². The van der Waals surface area contributed by atoms with E-state index in [0.29, 0.717) is 16.1 Å². The summed E-state index contributed by atoms with van der Waals surface area (Å²) >= 11 is 5.75. The molecule has 0 amide bonds. The molecule has 0 aliphatic carbocycles. The maximum absolute atomic E-state index is 12.6. The molecule has 2 N–H and O–H groups in total. The third-order valence-corrected chi connectivity index (χ3v) is 8.01. The number of benzene rings is 2. The van der Waals surface area contributed by atoms with Gasteiger partial charge in [0.2, 0.25) is 10.0 Å². The third-order valence-electron chi connectivity index (χ3n) is 4.15. The summed E-state index contributed by atoms with van der Waals surface area (Å²) in [6.45, 7) is 2.74. The summed E-state index contributed by atoms with van der Waals surface area (Å²) < 4.78 is 52.3. The first-order chi connectivity index (χ1) is 12.9. The molecule has 0 saturated carbocycles. The van der Waals surface area contributed by atoms with E-state index in [2.05, 4.69) is 4.72 Å². The van der Waals surface area contributed by atoms with Gasteiger partial charge in [0.25, 0.3) is 0 Å². The summed E-state index contributed by atoms with van der Waals surface area (Å²) in [7, 11) is -7.89. The molecule has 0 spiro atoms. The molecule has 10 heteroatoms. The molecule has 0 aliphatic rings. The van der Waals surface area contributed by atoms with E-state index in [0.717, 1.165) is 6.92 Å². The molecule has 152 valence electrons. The Balaban J connectivity index is 2.23. The van der Waals surface area contributed by atoms with Crippen LogP contribution in [0.3, 0.4) is 0 Å². The van der Waals surface area contributed by atoms with Crippen LogP contribution in [-0.2, 0) is 31.1 Å². The van der Waals surface area contributed by atoms with Crippen molar-refractivity contribution in [2.45, 2.75) is 35.3 Å². The predicted molar refractivity (Wildman–Crippen MR) is 106 cm³/mol. The smallest absolute Gasteiger partial charge is 0.321 e. The van der Waals surface area contributed by atoms with Gasteiger partial charge in [-0.3, -0.25) is 4.79 Å². The average Bonchev–Trinajstić information content (AvgIpc) is 2.62. The first-order valence-corrected chi connectivity index (χ1v) is 11.7. The topological polar surface area (TPSA) is 118 Å². The van der Waals surface area contributed by atoms with Gasteiger partial charge in [0.1, 0.15) is 0 Å². The van der Waals surface area contributed by atoms with E-state index in [1.807, 2.05) is 0 Å². The lowest BCUT2D eigenvalue weighted by molar-refractivity contribution is -0.136. The number of sulfonamides is 1. The molecule has 28 heavy (non-hydrogen) atoms. The van der Waals surface area contributed by atoms with Gasteiger partial charge in [-0.25, -0.2) is 21.6 Å². The molecule has 7 nitrogen and oxygen atoms in total. The van der Waals surface area contributed by atoms with Gasteiger partial charge in [0.05, 0.1) is 9.79 Å². The lowest BCUT2D eigenvalue weighted by Crippen LogP contribution is -2.29. The SMILES string of the molecule is Cc1ccc(CCNS(=O)(=O)c2ccc(Cl)cc2)c(S(=O)(=O)C(C)C(=O)O)c1. The molecule has 0 saturated heterocycles. The van der Waals surface area contributed by atoms with Crippen LogP contribution >= 0.6 is 11.6 Å². The highest BCUT2D eigenvalue weighted by Crippen LogP contribution is 2.23. The van der Waals surface area contributed by atoms with Crippen LogP contribution in [0.5, 0.6) is 0 Å². The second-order valence-corrected chi connectivity index (χ2v) is 10.7. The van der Waals surface area contributed by atoms with Crippen molar-refractivity contribution in [2.24, 2.45) is 0 Å². The zero-order valence-electron chi connectivity index (χ0n) is 15.2. The van der Waals surface area contributed by atoms with Gasteiger partial charge >= 0.3 is 5.97 Å². The number of aliphatic carboxylic acids is 1. The van der Waals surface area contributed by atoms with Crippen LogP contribution in [0.1, 0.15) is 18.1 Å². The number of sulfone groups is 1. The van der Waals surface area contributed by atoms with Crippen molar-refractivity contribution >= 4 is 37.4 Å². The largest absolute Gasteiger partial charge is 0.480 e. The summed E-state index contributed by atoms with van der Waals surface area (Å²) in [4.78, 5) is 11.1. The standard InChI is InChI=1S/C18H20ClNO6S2/c1-12-3-4-14(17(11-12)27(23,24)13(2)18(21)22)9-10-20-28(25,26)16-7-5-15(19)6-8-16/h3-8,11,13,20H,9-10H2,1-2H3,(H,21,22). The molecule has 0 bridgehead atoms. The molecule has 1 atom stereocenters. The zero-order chi connectivity index (χ0) is 21.1. The molecule has 0 radical (unpaired) electrons. The number of carboxylic acid groups (broad SMARTS) is 1. The van der Waals surface area contributed by atoms with Crippen LogP contribution in [0, 0.1) is 6.92 Å². The number of carboxylic acids is 1. The maximum atomic E-state index is 12.6. The summed E-state index contributed by atoms with van der Waals surface area (Å²) in [5, 5.41) is 7.88. The maximum Gasteiger partial charge on any atom is 0.321 e. The summed E-state index contributed by atoms with van der Waals surface area (Å²) in [6, 6.07) is 10.3. The van der Waals surface area contributed by atoms with E-state index in [1.165, 1.54) is 30.3 Å². The van der Waals surface area contributed by atoms with Gasteiger partial charge < -0.3 is 5.11 Å². The third kappa shape index (κ3) is 5.11. The summed E-state index contributed by atoms with van der Waals surface area (Å²) in [5.74, 6) is -1.45. The highest BCUT2D eigenvalue weighted by atomic mass is 35.5. The molecule has 0 aliphatic heterocycles. The molecule has 2 rings (SSSR count). The zero-order valence-corrected chi connectivity index (χ0v) is 17.6. The van der Waals surface area contributed by atoms with E-state index in [4.69, 9.17) is 16.7 Å². The van der Waals surface area contributed by atoms with E-state index in [1.54, 1.807) is 19.1 Å². The number of carbonyl (C=O) groups is 1. The van der Waals surface area contributed by atoms with Crippen LogP contribution in [0.25, 0.3) is 0 Å². The number of nitrogens with one attached hydrogen (secondary N) is 1. The van der Waals surface area contributed by atoms with Gasteiger partial charge in [-0.15, -0.1) is 0 Å². The van der Waals surface area contributed by atoms with Crippen LogP contribution in [0.4, 0.5) is 0 Å². The fourth-order valence-corrected chi connectivity index (χ4v) is 5.16. The Labute approximate surface area is 169 Å². The quantitative estimate of drug-likeness (QED) is 0.644. The predicted octanol–water partition coefficient (Wildman–Crippen LogP) is 2.42. The Bertz CT molecular complexity index is 1080. The Morgan fingerprint density at radius 3 is 2.29 bits per heavy atom. The first kappa shape index (κ1) is 22.4. The fraction of sp³-hybridized carbons (Fsp3) is 0.278. The molecule has 0 fully saturated rings. The minimum absolute atomic E-state index is 0.0353. The molecule has 0 aromatic heterocycles. The van der Waals surface area contributed by atoms with Gasteiger partial charge in [-0.1, -0.05) is 23.7 Å². The van der Waals surface area contributed by atoms with Crippen molar-refractivity contribution in [3.05, 3.63) is 58.6 Å². The molecular formula is C18H20ClNO6S2. The van der Waals surface area contributed by atoms with E-state index >= 15 is 0 Å². The van der Waals surface area contributed by atoms with Gasteiger partial charge in [0.15, 0.2) is 15.1 Å². The van der Waals surface area contributed by atoms with Crippen molar-refractivity contribution in [3.8, 4) is 0 Å². The Hall–Kier alpha value is -1.94. The molecule has 2 aromatic rings. The highest BCUT2D eigenvalue weighted by Gasteiger charge is 2.31. The van der Waals surface area contributed by atoms with Crippen LogP contribution in [0.15, 0.2) is 52.3 Å². The first-order valence-electron chi connectivity index (χ1n) is 8.26. The fourth-order valence-electron chi connectivity index (χ4n) is 2.47. The van der Waals surface area contributed by atoms with Crippen molar-refractivity contribution in [3.63, 3.8) is 0 Å². The normalized spacial score (nSPS) is 13.2. The average molecular weight is 446 g/mol. The molecule has 1 unspecified atom stereocenters. The van der Waals surface area contributed by atoms with Crippen molar-refractivity contribution in [1.29, 1.82) is 0 Å². The highest BCUT2D eigenvalue weighted by molar-refractivity contribution is 7.92. The van der Waals surface area contributed by atoms with Gasteiger partial charge in [-0.2, -0.15) is 0 Å². The van der Waals surface area contributed by atoms with E-state index < -0.39 is 31.1 Å². The molecular weight excluding hydrogens is 426 g/mol. The number of aryl methyl sites for hydroxylation is 1. The number of halogens is 1. The lowest BCUT2D eigenvalue weighted by Gasteiger charge is -2.14. The van der Waals surface area contributed by atoms with E-state index in [-0.39, 0.29) is 22.8 Å². The lowest BCUT2D eigenvalue weighted by atomic mass is 10.1. The van der Waals surface area contributed by atoms with E-state index in [9.17, 15) is 21.6 Å². The monoisotopic (exact) mass is 445 g/mol.